The summed E-state index contributed by atoms with van der Waals surface area (Å²) in [4.78, 5) is 30.9. The fourth-order valence-electron chi connectivity index (χ4n) is 4.07. The highest BCUT2D eigenvalue weighted by Crippen LogP contribution is 2.34. The van der Waals surface area contributed by atoms with Crippen molar-refractivity contribution in [3.05, 3.63) is 0 Å². The predicted molar refractivity (Wildman–Crippen MR) is 84.6 cm³/mol. The van der Waals surface area contributed by atoms with Crippen molar-refractivity contribution in [1.29, 1.82) is 0 Å². The second-order valence-electron chi connectivity index (χ2n) is 6.99. The van der Waals surface area contributed by atoms with E-state index in [-0.39, 0.29) is 11.9 Å². The van der Waals surface area contributed by atoms with Gasteiger partial charge in [-0.1, -0.05) is 19.8 Å². The monoisotopic (exact) mass is 308 g/mol. The van der Waals surface area contributed by atoms with Gasteiger partial charge in [0.25, 0.3) is 5.91 Å². The molecule has 0 bridgehead atoms. The molecule has 1 saturated carbocycles. The molecule has 6 heteroatoms. The molecule has 2 aliphatic heterocycles. The standard InChI is InChI=1S/C16H28N4O2/c1-3-18(2)13-6-9-19(12-13)10-11-20-14(21)16(17-15(20)22)7-4-5-8-16/h13H,3-12H2,1-2H3,(H,17,22)/t13-/m0/s1. The number of rotatable bonds is 5. The summed E-state index contributed by atoms with van der Waals surface area (Å²) in [5.74, 6) is 0.0106. The van der Waals surface area contributed by atoms with Crippen LogP contribution in [0.2, 0.25) is 0 Å². The van der Waals surface area contributed by atoms with Crippen LogP contribution < -0.4 is 5.32 Å². The molecule has 3 rings (SSSR count). The van der Waals surface area contributed by atoms with E-state index in [2.05, 4.69) is 29.1 Å². The van der Waals surface area contributed by atoms with Crippen molar-refractivity contribution in [1.82, 2.24) is 20.0 Å². The van der Waals surface area contributed by atoms with E-state index in [0.717, 1.165) is 51.9 Å². The van der Waals surface area contributed by atoms with Crippen LogP contribution in [-0.4, -0.2) is 78.0 Å². The summed E-state index contributed by atoms with van der Waals surface area (Å²) < 4.78 is 0. The van der Waals surface area contributed by atoms with Crippen LogP contribution in [0.4, 0.5) is 4.79 Å². The minimum atomic E-state index is -0.562. The Kier molecular flexibility index (Phi) is 4.41. The number of urea groups is 1. The van der Waals surface area contributed by atoms with E-state index in [9.17, 15) is 9.59 Å². The third-order valence-electron chi connectivity index (χ3n) is 5.71. The Hall–Kier alpha value is -1.14. The van der Waals surface area contributed by atoms with Crippen molar-refractivity contribution in [3.63, 3.8) is 0 Å². The largest absolute Gasteiger partial charge is 0.325 e. The summed E-state index contributed by atoms with van der Waals surface area (Å²) in [7, 11) is 2.16. The lowest BCUT2D eigenvalue weighted by atomic mass is 9.98. The van der Waals surface area contributed by atoms with Gasteiger partial charge in [0.15, 0.2) is 0 Å². The van der Waals surface area contributed by atoms with E-state index >= 15 is 0 Å². The van der Waals surface area contributed by atoms with E-state index < -0.39 is 5.54 Å². The first-order valence-corrected chi connectivity index (χ1v) is 8.62. The molecular formula is C16H28N4O2. The number of likely N-dealkylation sites (tertiary alicyclic amines) is 1. The van der Waals surface area contributed by atoms with Gasteiger partial charge < -0.3 is 10.2 Å². The second-order valence-corrected chi connectivity index (χ2v) is 6.99. The average molecular weight is 308 g/mol. The van der Waals surface area contributed by atoms with Crippen molar-refractivity contribution in [2.45, 2.75) is 50.6 Å². The van der Waals surface area contributed by atoms with Crippen molar-refractivity contribution in [3.8, 4) is 0 Å². The fraction of sp³-hybridized carbons (Fsp3) is 0.875. The molecule has 3 fully saturated rings. The molecule has 3 amide bonds. The van der Waals surface area contributed by atoms with Crippen molar-refractivity contribution in [2.24, 2.45) is 0 Å². The maximum Gasteiger partial charge on any atom is 0.325 e. The van der Waals surface area contributed by atoms with Gasteiger partial charge in [0, 0.05) is 25.7 Å². The van der Waals surface area contributed by atoms with E-state index in [1.165, 1.54) is 11.3 Å². The van der Waals surface area contributed by atoms with E-state index in [4.69, 9.17) is 0 Å². The molecule has 22 heavy (non-hydrogen) atoms. The number of likely N-dealkylation sites (N-methyl/N-ethyl adjacent to an activating group) is 1. The number of nitrogens with one attached hydrogen (secondary N) is 1. The fourth-order valence-corrected chi connectivity index (χ4v) is 4.07. The van der Waals surface area contributed by atoms with E-state index in [1.807, 2.05) is 0 Å². The first kappa shape index (κ1) is 15.7. The number of hydrogen-bond donors (Lipinski definition) is 1. The molecule has 0 aromatic rings. The number of imide groups is 1. The third kappa shape index (κ3) is 2.74. The van der Waals surface area contributed by atoms with Gasteiger partial charge >= 0.3 is 6.03 Å². The molecule has 0 unspecified atom stereocenters. The first-order valence-electron chi connectivity index (χ1n) is 8.62. The van der Waals surface area contributed by atoms with Crippen LogP contribution in [0.1, 0.15) is 39.0 Å². The first-order chi connectivity index (χ1) is 10.6. The molecule has 2 heterocycles. The Morgan fingerprint density at radius 3 is 2.68 bits per heavy atom. The van der Waals surface area contributed by atoms with Crippen LogP contribution in [0.3, 0.4) is 0 Å². The average Bonchev–Trinajstić information content (AvgIpc) is 3.20. The summed E-state index contributed by atoms with van der Waals surface area (Å²) in [6, 6.07) is 0.419. The van der Waals surface area contributed by atoms with Crippen LogP contribution in [-0.2, 0) is 4.79 Å². The topological polar surface area (TPSA) is 55.9 Å². The molecule has 1 aliphatic carbocycles. The molecule has 6 nitrogen and oxygen atoms in total. The normalized spacial score (nSPS) is 28.3. The Balaban J connectivity index is 1.52. The molecule has 2 saturated heterocycles. The Bertz CT molecular complexity index is 447. The molecule has 0 radical (unpaired) electrons. The van der Waals surface area contributed by atoms with Crippen LogP contribution in [0.25, 0.3) is 0 Å². The van der Waals surface area contributed by atoms with Crippen molar-refractivity contribution >= 4 is 11.9 Å². The zero-order valence-electron chi connectivity index (χ0n) is 13.8. The summed E-state index contributed by atoms with van der Waals surface area (Å²) in [5.41, 5.74) is -0.562. The molecule has 1 atom stereocenters. The SMILES string of the molecule is CCN(C)[C@H]1CCN(CCN2C(=O)NC3(CCCC3)C2=O)C1. The maximum absolute atomic E-state index is 12.6. The lowest BCUT2D eigenvalue weighted by molar-refractivity contribution is -0.131. The number of amides is 3. The summed E-state index contributed by atoms with van der Waals surface area (Å²) in [5, 5.41) is 2.95. The molecule has 1 spiro atoms. The van der Waals surface area contributed by atoms with Gasteiger partial charge in [-0.25, -0.2) is 4.79 Å². The zero-order chi connectivity index (χ0) is 15.7. The van der Waals surface area contributed by atoms with Gasteiger partial charge in [-0.15, -0.1) is 0 Å². The second kappa shape index (κ2) is 6.16. The number of hydrogen-bond acceptors (Lipinski definition) is 4. The van der Waals surface area contributed by atoms with Gasteiger partial charge in [0.2, 0.25) is 0 Å². The molecule has 0 aromatic carbocycles. The number of carbonyl (C=O) groups excluding carboxylic acids is 2. The minimum absolute atomic E-state index is 0.0106. The highest BCUT2D eigenvalue weighted by molar-refractivity contribution is 6.07. The summed E-state index contributed by atoms with van der Waals surface area (Å²) in [6.45, 7) is 6.66. The summed E-state index contributed by atoms with van der Waals surface area (Å²) in [6.07, 6.45) is 4.87. The molecular weight excluding hydrogens is 280 g/mol. The summed E-state index contributed by atoms with van der Waals surface area (Å²) >= 11 is 0. The molecule has 1 N–H and O–H groups in total. The lowest BCUT2D eigenvalue weighted by Gasteiger charge is -2.24. The highest BCUT2D eigenvalue weighted by Gasteiger charge is 2.52. The van der Waals surface area contributed by atoms with E-state index in [1.54, 1.807) is 0 Å². The van der Waals surface area contributed by atoms with Crippen molar-refractivity contribution < 1.29 is 9.59 Å². The maximum atomic E-state index is 12.6. The third-order valence-corrected chi connectivity index (χ3v) is 5.71. The van der Waals surface area contributed by atoms with Crippen LogP contribution >= 0.6 is 0 Å². The number of carbonyl (C=O) groups is 2. The van der Waals surface area contributed by atoms with Gasteiger partial charge in [0.1, 0.15) is 5.54 Å². The molecule has 3 aliphatic rings. The highest BCUT2D eigenvalue weighted by atomic mass is 16.2. The van der Waals surface area contributed by atoms with Crippen LogP contribution in [0, 0.1) is 0 Å². The van der Waals surface area contributed by atoms with Crippen molar-refractivity contribution in [2.75, 3.05) is 39.8 Å². The van der Waals surface area contributed by atoms with Gasteiger partial charge in [-0.2, -0.15) is 0 Å². The quantitative estimate of drug-likeness (QED) is 0.766. The van der Waals surface area contributed by atoms with Crippen LogP contribution in [0.5, 0.6) is 0 Å². The lowest BCUT2D eigenvalue weighted by Crippen LogP contribution is -2.44. The smallest absolute Gasteiger partial charge is 0.323 e. The predicted octanol–water partition coefficient (Wildman–Crippen LogP) is 0.877. The molecule has 124 valence electrons. The van der Waals surface area contributed by atoms with Gasteiger partial charge in [0.05, 0.1) is 0 Å². The minimum Gasteiger partial charge on any atom is -0.323 e. The van der Waals surface area contributed by atoms with Gasteiger partial charge in [-0.3, -0.25) is 14.6 Å². The Morgan fingerprint density at radius 2 is 2.00 bits per heavy atom. The zero-order valence-corrected chi connectivity index (χ0v) is 13.8. The Labute approximate surface area is 132 Å². The van der Waals surface area contributed by atoms with Gasteiger partial charge in [-0.05, 0) is 39.4 Å². The Morgan fingerprint density at radius 1 is 1.27 bits per heavy atom. The molecule has 0 aromatic heterocycles. The number of nitrogens with zero attached hydrogens (tertiary/aromatic N) is 3. The van der Waals surface area contributed by atoms with E-state index in [0.29, 0.717) is 12.6 Å². The van der Waals surface area contributed by atoms with Crippen LogP contribution in [0.15, 0.2) is 0 Å².